The number of nitrogens with one attached hydrogen (secondary N) is 1. The molecule has 2 atom stereocenters. The van der Waals surface area contributed by atoms with Crippen LogP contribution in [0.1, 0.15) is 65.2 Å². The predicted octanol–water partition coefficient (Wildman–Crippen LogP) is 2.90. The molecule has 1 N–H and O–H groups in total. The van der Waals surface area contributed by atoms with Gasteiger partial charge in [-0.3, -0.25) is 10.1 Å². The minimum absolute atomic E-state index is 0.0949. The van der Waals surface area contributed by atoms with Crippen LogP contribution >= 0.6 is 0 Å². The average Bonchev–Trinajstić information content (AvgIpc) is 2.97. The van der Waals surface area contributed by atoms with Gasteiger partial charge >= 0.3 is 0 Å². The molecule has 1 saturated carbocycles. The van der Waals surface area contributed by atoms with E-state index in [-0.39, 0.29) is 6.04 Å². The van der Waals surface area contributed by atoms with Crippen molar-refractivity contribution in [3.63, 3.8) is 0 Å². The number of carbonyl (C=O) groups excluding carboxylic acids is 1. The maximum atomic E-state index is 12.4. The van der Waals surface area contributed by atoms with Gasteiger partial charge in [0.05, 0.1) is 12.2 Å². The minimum Gasteiger partial charge on any atom is -0.326 e. The zero-order chi connectivity index (χ0) is 13.0. The second-order valence-electron chi connectivity index (χ2n) is 5.88. The monoisotopic (exact) mass is 252 g/mol. The van der Waals surface area contributed by atoms with Crippen molar-refractivity contribution < 1.29 is 4.79 Å². The summed E-state index contributed by atoms with van der Waals surface area (Å²) >= 11 is 0. The number of hydrogen-bond donors (Lipinski definition) is 1. The molecule has 18 heavy (non-hydrogen) atoms. The smallest absolute Gasteiger partial charge is 0.241 e. The van der Waals surface area contributed by atoms with E-state index in [2.05, 4.69) is 24.1 Å². The van der Waals surface area contributed by atoms with Gasteiger partial charge in [-0.15, -0.1) is 0 Å². The fourth-order valence-electron chi connectivity index (χ4n) is 3.44. The molecule has 2 fully saturated rings. The van der Waals surface area contributed by atoms with E-state index in [0.29, 0.717) is 18.0 Å². The molecule has 2 rings (SSSR count). The highest BCUT2D eigenvalue weighted by molar-refractivity contribution is 5.84. The van der Waals surface area contributed by atoms with Crippen LogP contribution in [0.4, 0.5) is 0 Å². The first-order chi connectivity index (χ1) is 8.77. The SMILES string of the molecule is CCCCN1C(=O)C(CCC)NC1C1CCCC1. The van der Waals surface area contributed by atoms with Crippen molar-refractivity contribution in [3.8, 4) is 0 Å². The highest BCUT2D eigenvalue weighted by Crippen LogP contribution is 2.32. The van der Waals surface area contributed by atoms with E-state index in [9.17, 15) is 4.79 Å². The van der Waals surface area contributed by atoms with E-state index in [1.165, 1.54) is 32.1 Å². The van der Waals surface area contributed by atoms with Gasteiger partial charge in [-0.1, -0.05) is 39.5 Å². The van der Waals surface area contributed by atoms with Crippen molar-refractivity contribution >= 4 is 5.91 Å². The van der Waals surface area contributed by atoms with Gasteiger partial charge in [0.15, 0.2) is 0 Å². The van der Waals surface area contributed by atoms with Crippen molar-refractivity contribution in [2.24, 2.45) is 5.92 Å². The molecule has 0 bridgehead atoms. The summed E-state index contributed by atoms with van der Waals surface area (Å²) in [6.07, 6.45) is 10.00. The number of amides is 1. The number of rotatable bonds is 6. The fraction of sp³-hybridized carbons (Fsp3) is 0.933. The maximum absolute atomic E-state index is 12.4. The largest absolute Gasteiger partial charge is 0.326 e. The minimum atomic E-state index is 0.0949. The molecule has 3 nitrogen and oxygen atoms in total. The Hall–Kier alpha value is -0.570. The number of unbranched alkanes of at least 4 members (excludes halogenated alkanes) is 1. The van der Waals surface area contributed by atoms with Gasteiger partial charge in [-0.2, -0.15) is 0 Å². The summed E-state index contributed by atoms with van der Waals surface area (Å²) in [7, 11) is 0. The van der Waals surface area contributed by atoms with Crippen LogP contribution in [0.3, 0.4) is 0 Å². The van der Waals surface area contributed by atoms with Crippen molar-refractivity contribution in [2.45, 2.75) is 77.4 Å². The molecule has 0 spiro atoms. The van der Waals surface area contributed by atoms with E-state index in [0.717, 1.165) is 25.8 Å². The third-order valence-electron chi connectivity index (χ3n) is 4.47. The molecule has 0 aromatic carbocycles. The number of carbonyl (C=O) groups is 1. The number of nitrogens with zero attached hydrogens (tertiary/aromatic N) is 1. The van der Waals surface area contributed by atoms with Crippen LogP contribution in [0, 0.1) is 5.92 Å². The molecule has 0 radical (unpaired) electrons. The molecule has 1 aliphatic carbocycles. The Kier molecular flexibility index (Phi) is 5.04. The predicted molar refractivity (Wildman–Crippen MR) is 74.2 cm³/mol. The van der Waals surface area contributed by atoms with Crippen molar-refractivity contribution in [2.75, 3.05) is 6.54 Å². The Morgan fingerprint density at radius 3 is 2.56 bits per heavy atom. The van der Waals surface area contributed by atoms with Gasteiger partial charge < -0.3 is 4.90 Å². The third-order valence-corrected chi connectivity index (χ3v) is 4.47. The number of hydrogen-bond acceptors (Lipinski definition) is 2. The molecule has 0 aromatic heterocycles. The quantitative estimate of drug-likeness (QED) is 0.788. The van der Waals surface area contributed by atoms with E-state index < -0.39 is 0 Å². The van der Waals surface area contributed by atoms with Crippen LogP contribution in [0.15, 0.2) is 0 Å². The van der Waals surface area contributed by atoms with Crippen LogP contribution in [-0.4, -0.2) is 29.6 Å². The van der Waals surface area contributed by atoms with E-state index in [1.807, 2.05) is 0 Å². The van der Waals surface area contributed by atoms with Crippen LogP contribution in [0.25, 0.3) is 0 Å². The van der Waals surface area contributed by atoms with Gasteiger partial charge in [0.1, 0.15) is 0 Å². The van der Waals surface area contributed by atoms with Crippen molar-refractivity contribution in [1.29, 1.82) is 0 Å². The summed E-state index contributed by atoms with van der Waals surface area (Å²) < 4.78 is 0. The summed E-state index contributed by atoms with van der Waals surface area (Å²) in [6.45, 7) is 5.31. The second kappa shape index (κ2) is 6.55. The van der Waals surface area contributed by atoms with Gasteiger partial charge in [0, 0.05) is 6.54 Å². The highest BCUT2D eigenvalue weighted by Gasteiger charge is 2.42. The van der Waals surface area contributed by atoms with Crippen LogP contribution in [0.2, 0.25) is 0 Å². The lowest BCUT2D eigenvalue weighted by Gasteiger charge is -2.28. The molecule has 2 unspecified atom stereocenters. The first-order valence-electron chi connectivity index (χ1n) is 7.84. The molecule has 104 valence electrons. The van der Waals surface area contributed by atoms with Gasteiger partial charge in [-0.05, 0) is 31.6 Å². The summed E-state index contributed by atoms with van der Waals surface area (Å²) in [6, 6.07) is 0.0949. The standard InChI is InChI=1S/C15H28N2O/c1-3-5-11-17-14(12-9-6-7-10-12)16-13(8-4-2)15(17)18/h12-14,16H,3-11H2,1-2H3. The lowest BCUT2D eigenvalue weighted by molar-refractivity contribution is -0.130. The Morgan fingerprint density at radius 1 is 1.22 bits per heavy atom. The Labute approximate surface area is 111 Å². The summed E-state index contributed by atoms with van der Waals surface area (Å²) in [5, 5.41) is 3.62. The van der Waals surface area contributed by atoms with Crippen LogP contribution in [-0.2, 0) is 4.79 Å². The van der Waals surface area contributed by atoms with Gasteiger partial charge in [0.25, 0.3) is 0 Å². The first kappa shape index (κ1) is 13.9. The van der Waals surface area contributed by atoms with E-state index >= 15 is 0 Å². The molecule has 2 aliphatic rings. The third kappa shape index (κ3) is 2.87. The normalized spacial score (nSPS) is 29.4. The molecular formula is C15H28N2O. The summed E-state index contributed by atoms with van der Waals surface area (Å²) in [5.41, 5.74) is 0. The summed E-state index contributed by atoms with van der Waals surface area (Å²) in [5.74, 6) is 1.06. The second-order valence-corrected chi connectivity index (χ2v) is 5.88. The Bertz CT molecular complexity index is 274. The van der Waals surface area contributed by atoms with E-state index in [1.54, 1.807) is 0 Å². The first-order valence-corrected chi connectivity index (χ1v) is 7.84. The lowest BCUT2D eigenvalue weighted by atomic mass is 10.0. The molecule has 1 saturated heterocycles. The van der Waals surface area contributed by atoms with Gasteiger partial charge in [0.2, 0.25) is 5.91 Å². The lowest BCUT2D eigenvalue weighted by Crippen LogP contribution is -2.43. The van der Waals surface area contributed by atoms with Crippen LogP contribution < -0.4 is 5.32 Å². The zero-order valence-corrected chi connectivity index (χ0v) is 12.0. The highest BCUT2D eigenvalue weighted by atomic mass is 16.2. The molecule has 1 amide bonds. The van der Waals surface area contributed by atoms with Gasteiger partial charge in [-0.25, -0.2) is 0 Å². The van der Waals surface area contributed by atoms with Crippen molar-refractivity contribution in [3.05, 3.63) is 0 Å². The Balaban J connectivity index is 2.02. The Morgan fingerprint density at radius 2 is 1.94 bits per heavy atom. The molecular weight excluding hydrogens is 224 g/mol. The van der Waals surface area contributed by atoms with Crippen LogP contribution in [0.5, 0.6) is 0 Å². The zero-order valence-electron chi connectivity index (χ0n) is 12.0. The topological polar surface area (TPSA) is 32.3 Å². The summed E-state index contributed by atoms with van der Waals surface area (Å²) in [4.78, 5) is 14.6. The molecule has 1 heterocycles. The molecule has 3 heteroatoms. The van der Waals surface area contributed by atoms with Crippen molar-refractivity contribution in [1.82, 2.24) is 10.2 Å². The fourth-order valence-corrected chi connectivity index (χ4v) is 3.44. The molecule has 1 aliphatic heterocycles. The van der Waals surface area contributed by atoms with E-state index in [4.69, 9.17) is 0 Å². The maximum Gasteiger partial charge on any atom is 0.241 e. The molecule has 0 aromatic rings. The average molecular weight is 252 g/mol.